The Kier molecular flexibility index (Phi) is 4.78. The number of amides is 1. The Morgan fingerprint density at radius 2 is 1.91 bits per heavy atom. The Hall–Kier alpha value is -1.59. The van der Waals surface area contributed by atoms with Crippen LogP contribution in [0.1, 0.15) is 49.5 Å². The molecule has 1 atom stereocenters. The van der Waals surface area contributed by atoms with Gasteiger partial charge in [-0.3, -0.25) is 4.79 Å². The molecule has 22 heavy (non-hydrogen) atoms. The molecule has 0 bridgehead atoms. The first-order valence-electron chi connectivity index (χ1n) is 7.76. The van der Waals surface area contributed by atoms with E-state index in [0.29, 0.717) is 31.5 Å². The summed E-state index contributed by atoms with van der Waals surface area (Å²) in [5.41, 5.74) is 6.64. The number of likely N-dealkylation sites (tertiary alicyclic amines) is 1. The predicted octanol–water partition coefficient (Wildman–Crippen LogP) is 1.82. The standard InChI is InChI=1S/C17H26N2O3/c1-17(2,3)13-10-12(4-5-14(13)20)16(22)19-8-6-11(7-9-19)15(18)21/h4-5,10-11,15,20-21H,6-9,18H2,1-3H3. The number of phenolic OH excluding ortho intramolecular Hbond substituents is 1. The van der Waals surface area contributed by atoms with Crippen LogP contribution in [-0.2, 0) is 5.41 Å². The van der Waals surface area contributed by atoms with Crippen LogP contribution in [0.25, 0.3) is 0 Å². The number of hydrogen-bond acceptors (Lipinski definition) is 4. The zero-order valence-corrected chi connectivity index (χ0v) is 13.5. The fourth-order valence-corrected chi connectivity index (χ4v) is 2.90. The predicted molar refractivity (Wildman–Crippen MR) is 85.6 cm³/mol. The van der Waals surface area contributed by atoms with Crippen molar-refractivity contribution in [2.24, 2.45) is 11.7 Å². The molecule has 4 N–H and O–H groups in total. The third-order valence-corrected chi connectivity index (χ3v) is 4.36. The zero-order valence-electron chi connectivity index (χ0n) is 13.5. The van der Waals surface area contributed by atoms with Gasteiger partial charge in [-0.1, -0.05) is 20.8 Å². The first-order chi connectivity index (χ1) is 10.2. The van der Waals surface area contributed by atoms with Gasteiger partial charge in [0.1, 0.15) is 12.0 Å². The Morgan fingerprint density at radius 1 is 1.32 bits per heavy atom. The van der Waals surface area contributed by atoms with Crippen molar-refractivity contribution in [1.82, 2.24) is 4.90 Å². The summed E-state index contributed by atoms with van der Waals surface area (Å²) in [6.07, 6.45) is 0.625. The van der Waals surface area contributed by atoms with E-state index in [-0.39, 0.29) is 23.0 Å². The summed E-state index contributed by atoms with van der Waals surface area (Å²) in [5.74, 6) is 0.249. The van der Waals surface area contributed by atoms with Gasteiger partial charge in [-0.05, 0) is 36.5 Å². The van der Waals surface area contributed by atoms with Crippen LogP contribution in [0.2, 0.25) is 0 Å². The van der Waals surface area contributed by atoms with E-state index < -0.39 is 6.23 Å². The lowest BCUT2D eigenvalue weighted by atomic mass is 9.85. The highest BCUT2D eigenvalue weighted by Crippen LogP contribution is 2.32. The molecule has 5 heteroatoms. The average Bonchev–Trinajstić information content (AvgIpc) is 2.46. The van der Waals surface area contributed by atoms with Gasteiger partial charge >= 0.3 is 0 Å². The number of nitrogens with zero attached hydrogens (tertiary/aromatic N) is 1. The lowest BCUT2D eigenvalue weighted by Gasteiger charge is -2.33. The minimum absolute atomic E-state index is 0.0320. The molecular weight excluding hydrogens is 280 g/mol. The van der Waals surface area contributed by atoms with Crippen LogP contribution in [-0.4, -0.2) is 40.3 Å². The summed E-state index contributed by atoms with van der Waals surface area (Å²) in [5, 5.41) is 19.4. The van der Waals surface area contributed by atoms with Crippen LogP contribution in [0.5, 0.6) is 5.75 Å². The number of carbonyl (C=O) groups excluding carboxylic acids is 1. The molecule has 0 aromatic heterocycles. The monoisotopic (exact) mass is 306 g/mol. The van der Waals surface area contributed by atoms with Crippen LogP contribution in [0.3, 0.4) is 0 Å². The molecule has 0 saturated carbocycles. The lowest BCUT2D eigenvalue weighted by molar-refractivity contribution is 0.0487. The second-order valence-corrected chi connectivity index (χ2v) is 7.10. The van der Waals surface area contributed by atoms with E-state index in [9.17, 15) is 15.0 Å². The van der Waals surface area contributed by atoms with E-state index in [1.165, 1.54) is 0 Å². The Balaban J connectivity index is 2.14. The Bertz CT molecular complexity index is 541. The normalized spacial score (nSPS) is 18.3. The molecule has 1 heterocycles. The second-order valence-electron chi connectivity index (χ2n) is 7.10. The average molecular weight is 306 g/mol. The maximum atomic E-state index is 12.6. The highest BCUT2D eigenvalue weighted by molar-refractivity contribution is 5.94. The molecule has 1 aliphatic rings. The van der Waals surface area contributed by atoms with Crippen molar-refractivity contribution >= 4 is 5.91 Å². The van der Waals surface area contributed by atoms with E-state index in [4.69, 9.17) is 5.73 Å². The molecule has 2 rings (SSSR count). The van der Waals surface area contributed by atoms with E-state index in [0.717, 1.165) is 5.56 Å². The highest BCUT2D eigenvalue weighted by atomic mass is 16.3. The van der Waals surface area contributed by atoms with Crippen molar-refractivity contribution in [3.05, 3.63) is 29.3 Å². The van der Waals surface area contributed by atoms with Crippen molar-refractivity contribution in [1.29, 1.82) is 0 Å². The molecule has 1 amide bonds. The molecule has 5 nitrogen and oxygen atoms in total. The van der Waals surface area contributed by atoms with Crippen molar-refractivity contribution in [2.45, 2.75) is 45.3 Å². The quantitative estimate of drug-likeness (QED) is 0.727. The van der Waals surface area contributed by atoms with Gasteiger partial charge in [-0.15, -0.1) is 0 Å². The number of benzene rings is 1. The number of carbonyl (C=O) groups is 1. The molecule has 1 aromatic carbocycles. The Morgan fingerprint density at radius 3 is 2.41 bits per heavy atom. The van der Waals surface area contributed by atoms with Crippen molar-refractivity contribution in [2.75, 3.05) is 13.1 Å². The van der Waals surface area contributed by atoms with Gasteiger partial charge < -0.3 is 20.8 Å². The third kappa shape index (κ3) is 3.59. The number of nitrogens with two attached hydrogens (primary N) is 1. The molecule has 1 unspecified atom stereocenters. The molecule has 1 aromatic rings. The molecule has 0 spiro atoms. The first kappa shape index (κ1) is 16.8. The SMILES string of the molecule is CC(C)(C)c1cc(C(=O)N2CCC(C(N)O)CC2)ccc1O. The topological polar surface area (TPSA) is 86.8 Å². The summed E-state index contributed by atoms with van der Waals surface area (Å²) < 4.78 is 0. The highest BCUT2D eigenvalue weighted by Gasteiger charge is 2.27. The summed E-state index contributed by atoms with van der Waals surface area (Å²) >= 11 is 0. The van der Waals surface area contributed by atoms with Gasteiger partial charge in [0.05, 0.1) is 0 Å². The van der Waals surface area contributed by atoms with E-state index in [1.807, 2.05) is 20.8 Å². The molecule has 122 valence electrons. The number of phenols is 1. The van der Waals surface area contributed by atoms with Crippen LogP contribution in [0.15, 0.2) is 18.2 Å². The number of aromatic hydroxyl groups is 1. The first-order valence-corrected chi connectivity index (χ1v) is 7.76. The van der Waals surface area contributed by atoms with Crippen molar-refractivity contribution in [3.63, 3.8) is 0 Å². The van der Waals surface area contributed by atoms with E-state index in [2.05, 4.69) is 0 Å². The number of piperidine rings is 1. The maximum Gasteiger partial charge on any atom is 0.253 e. The molecule has 0 aliphatic carbocycles. The molecule has 1 saturated heterocycles. The van der Waals surface area contributed by atoms with Crippen LogP contribution in [0.4, 0.5) is 0 Å². The van der Waals surface area contributed by atoms with Gasteiger partial charge in [0.25, 0.3) is 5.91 Å². The lowest BCUT2D eigenvalue weighted by Crippen LogP contribution is -2.43. The minimum atomic E-state index is -0.807. The van der Waals surface area contributed by atoms with E-state index in [1.54, 1.807) is 23.1 Å². The number of aliphatic hydroxyl groups is 1. The van der Waals surface area contributed by atoms with Crippen LogP contribution >= 0.6 is 0 Å². The summed E-state index contributed by atoms with van der Waals surface area (Å²) in [6, 6.07) is 5.03. The van der Waals surface area contributed by atoms with Crippen molar-refractivity contribution in [3.8, 4) is 5.75 Å². The summed E-state index contributed by atoms with van der Waals surface area (Å²) in [7, 11) is 0. The van der Waals surface area contributed by atoms with Gasteiger partial charge in [0.15, 0.2) is 0 Å². The molecule has 1 fully saturated rings. The minimum Gasteiger partial charge on any atom is -0.508 e. The fourth-order valence-electron chi connectivity index (χ4n) is 2.90. The second kappa shape index (κ2) is 6.26. The zero-order chi connectivity index (χ0) is 16.5. The third-order valence-electron chi connectivity index (χ3n) is 4.36. The molecule has 0 radical (unpaired) electrons. The van der Waals surface area contributed by atoms with Gasteiger partial charge in [0.2, 0.25) is 0 Å². The van der Waals surface area contributed by atoms with Gasteiger partial charge in [-0.2, -0.15) is 0 Å². The molecular formula is C17H26N2O3. The number of aliphatic hydroxyl groups excluding tert-OH is 1. The van der Waals surface area contributed by atoms with Crippen molar-refractivity contribution < 1.29 is 15.0 Å². The maximum absolute atomic E-state index is 12.6. The van der Waals surface area contributed by atoms with E-state index >= 15 is 0 Å². The summed E-state index contributed by atoms with van der Waals surface area (Å²) in [6.45, 7) is 7.21. The van der Waals surface area contributed by atoms with Crippen LogP contribution in [0, 0.1) is 5.92 Å². The molecule has 1 aliphatic heterocycles. The van der Waals surface area contributed by atoms with Gasteiger partial charge in [-0.25, -0.2) is 0 Å². The Labute approximate surface area is 131 Å². The fraction of sp³-hybridized carbons (Fsp3) is 0.588. The van der Waals surface area contributed by atoms with Crippen LogP contribution < -0.4 is 5.73 Å². The summed E-state index contributed by atoms with van der Waals surface area (Å²) in [4.78, 5) is 14.4. The number of rotatable bonds is 2. The smallest absolute Gasteiger partial charge is 0.253 e. The van der Waals surface area contributed by atoms with Gasteiger partial charge in [0, 0.05) is 30.1 Å². The largest absolute Gasteiger partial charge is 0.508 e. The number of hydrogen-bond donors (Lipinski definition) is 3.